The van der Waals surface area contributed by atoms with Crippen molar-refractivity contribution >= 4 is 5.97 Å². The fourth-order valence-corrected chi connectivity index (χ4v) is 1.38. The van der Waals surface area contributed by atoms with Crippen molar-refractivity contribution in [3.05, 3.63) is 42.0 Å². The van der Waals surface area contributed by atoms with Gasteiger partial charge in [-0.05, 0) is 36.8 Å². The van der Waals surface area contributed by atoms with Crippen LogP contribution in [0.15, 0.2) is 36.4 Å². The Bertz CT molecular complexity index is 455. The van der Waals surface area contributed by atoms with Crippen molar-refractivity contribution in [3.8, 4) is 18.1 Å². The summed E-state index contributed by atoms with van der Waals surface area (Å²) in [5.74, 6) is 2.86. The summed E-state index contributed by atoms with van der Waals surface area (Å²) in [6.45, 7) is 2.59. The van der Waals surface area contributed by atoms with Gasteiger partial charge in [-0.1, -0.05) is 18.1 Å². The fourth-order valence-electron chi connectivity index (χ4n) is 1.38. The first-order valence-electron chi connectivity index (χ1n) is 5.74. The number of ether oxygens (including phenoxy) is 2. The van der Waals surface area contributed by atoms with Crippen LogP contribution in [-0.2, 0) is 16.0 Å². The SMILES string of the molecule is C#CC=CCOc1cccc(CC(=O)OCC)c1. The lowest BCUT2D eigenvalue weighted by molar-refractivity contribution is -0.142. The first-order valence-corrected chi connectivity index (χ1v) is 5.74. The fraction of sp³-hybridized carbons (Fsp3) is 0.267. The van der Waals surface area contributed by atoms with Crippen LogP contribution in [0.4, 0.5) is 0 Å². The van der Waals surface area contributed by atoms with Crippen molar-refractivity contribution in [3.63, 3.8) is 0 Å². The molecule has 0 bridgehead atoms. The van der Waals surface area contributed by atoms with Gasteiger partial charge in [0.25, 0.3) is 0 Å². The number of carbonyl (C=O) groups is 1. The summed E-state index contributed by atoms with van der Waals surface area (Å²) >= 11 is 0. The van der Waals surface area contributed by atoms with Gasteiger partial charge in [-0.2, -0.15) is 0 Å². The normalized spacial score (nSPS) is 10.0. The molecule has 0 heterocycles. The molecule has 0 spiro atoms. The largest absolute Gasteiger partial charge is 0.490 e. The molecule has 0 aliphatic carbocycles. The lowest BCUT2D eigenvalue weighted by atomic mass is 10.1. The number of terminal acetylenes is 1. The lowest BCUT2D eigenvalue weighted by Gasteiger charge is -2.06. The third-order valence-electron chi connectivity index (χ3n) is 2.11. The van der Waals surface area contributed by atoms with E-state index in [0.29, 0.717) is 19.0 Å². The van der Waals surface area contributed by atoms with Crippen LogP contribution in [0.5, 0.6) is 5.75 Å². The van der Waals surface area contributed by atoms with E-state index in [9.17, 15) is 4.79 Å². The van der Waals surface area contributed by atoms with Gasteiger partial charge >= 0.3 is 5.97 Å². The smallest absolute Gasteiger partial charge is 0.310 e. The third-order valence-corrected chi connectivity index (χ3v) is 2.11. The minimum Gasteiger partial charge on any atom is -0.490 e. The topological polar surface area (TPSA) is 35.5 Å². The molecule has 0 saturated heterocycles. The quantitative estimate of drug-likeness (QED) is 0.569. The molecule has 1 aromatic rings. The molecule has 0 aliphatic heterocycles. The maximum absolute atomic E-state index is 11.3. The Labute approximate surface area is 107 Å². The van der Waals surface area contributed by atoms with E-state index in [2.05, 4.69) is 5.92 Å². The number of benzene rings is 1. The summed E-state index contributed by atoms with van der Waals surface area (Å²) < 4.78 is 10.3. The zero-order valence-electron chi connectivity index (χ0n) is 10.4. The number of esters is 1. The minimum atomic E-state index is -0.234. The van der Waals surface area contributed by atoms with E-state index < -0.39 is 0 Å². The molecule has 3 heteroatoms. The van der Waals surface area contributed by atoms with Crippen LogP contribution in [0.25, 0.3) is 0 Å². The van der Waals surface area contributed by atoms with Crippen LogP contribution in [0, 0.1) is 12.3 Å². The van der Waals surface area contributed by atoms with E-state index in [1.54, 1.807) is 19.1 Å². The molecule has 0 saturated carbocycles. The number of allylic oxidation sites excluding steroid dienone is 1. The van der Waals surface area contributed by atoms with E-state index in [4.69, 9.17) is 15.9 Å². The second-order valence-corrected chi connectivity index (χ2v) is 3.51. The molecule has 0 N–H and O–H groups in total. The van der Waals surface area contributed by atoms with Crippen molar-refractivity contribution in [2.24, 2.45) is 0 Å². The van der Waals surface area contributed by atoms with E-state index in [1.807, 2.05) is 24.3 Å². The van der Waals surface area contributed by atoms with Gasteiger partial charge in [-0.3, -0.25) is 4.79 Å². The lowest BCUT2D eigenvalue weighted by Crippen LogP contribution is -2.07. The summed E-state index contributed by atoms with van der Waals surface area (Å²) in [5.41, 5.74) is 0.867. The Morgan fingerprint density at radius 3 is 3.06 bits per heavy atom. The van der Waals surface area contributed by atoms with E-state index in [-0.39, 0.29) is 12.4 Å². The maximum Gasteiger partial charge on any atom is 0.310 e. The molecule has 3 nitrogen and oxygen atoms in total. The first-order chi connectivity index (χ1) is 8.76. The number of rotatable bonds is 6. The summed E-state index contributed by atoms with van der Waals surface area (Å²) in [6, 6.07) is 7.36. The van der Waals surface area contributed by atoms with E-state index >= 15 is 0 Å². The summed E-state index contributed by atoms with van der Waals surface area (Å²) in [7, 11) is 0. The Kier molecular flexibility index (Phi) is 6.13. The molecule has 0 radical (unpaired) electrons. The van der Waals surface area contributed by atoms with Crippen LogP contribution in [0.1, 0.15) is 12.5 Å². The molecule has 18 heavy (non-hydrogen) atoms. The van der Waals surface area contributed by atoms with Crippen LogP contribution < -0.4 is 4.74 Å². The Morgan fingerprint density at radius 2 is 2.33 bits per heavy atom. The average molecular weight is 244 g/mol. The molecule has 0 amide bonds. The average Bonchev–Trinajstić information content (AvgIpc) is 2.35. The Hall–Kier alpha value is -2.21. The maximum atomic E-state index is 11.3. The molecule has 0 aliphatic rings. The highest BCUT2D eigenvalue weighted by atomic mass is 16.5. The van der Waals surface area contributed by atoms with Gasteiger partial charge in [0.1, 0.15) is 12.4 Å². The minimum absolute atomic E-state index is 0.234. The predicted octanol–water partition coefficient (Wildman–Crippen LogP) is 2.36. The highest BCUT2D eigenvalue weighted by Crippen LogP contribution is 2.14. The standard InChI is InChI=1S/C15H16O3/c1-3-5-6-10-18-14-9-7-8-13(11-14)12-15(16)17-4-2/h1,5-9,11H,4,10,12H2,2H3. The van der Waals surface area contributed by atoms with Gasteiger partial charge in [-0.15, -0.1) is 6.42 Å². The molecule has 1 aromatic carbocycles. The highest BCUT2D eigenvalue weighted by Gasteiger charge is 2.04. The van der Waals surface area contributed by atoms with Gasteiger partial charge < -0.3 is 9.47 Å². The molecular formula is C15H16O3. The monoisotopic (exact) mass is 244 g/mol. The van der Waals surface area contributed by atoms with Gasteiger partial charge in [0.05, 0.1) is 13.0 Å². The third kappa shape index (κ3) is 5.22. The molecule has 0 atom stereocenters. The zero-order valence-corrected chi connectivity index (χ0v) is 10.4. The summed E-state index contributed by atoms with van der Waals surface area (Å²) in [4.78, 5) is 11.3. The van der Waals surface area contributed by atoms with Crippen LogP contribution in [0.3, 0.4) is 0 Å². The van der Waals surface area contributed by atoms with Crippen molar-refractivity contribution < 1.29 is 14.3 Å². The summed E-state index contributed by atoms with van der Waals surface area (Å²) in [6.07, 6.45) is 8.66. The second-order valence-electron chi connectivity index (χ2n) is 3.51. The number of hydrogen-bond donors (Lipinski definition) is 0. The highest BCUT2D eigenvalue weighted by molar-refractivity contribution is 5.72. The van der Waals surface area contributed by atoms with Gasteiger partial charge in [-0.25, -0.2) is 0 Å². The van der Waals surface area contributed by atoms with Crippen LogP contribution in [0.2, 0.25) is 0 Å². The van der Waals surface area contributed by atoms with Crippen molar-refractivity contribution in [1.29, 1.82) is 0 Å². The molecule has 0 unspecified atom stereocenters. The molecule has 0 aromatic heterocycles. The number of hydrogen-bond acceptors (Lipinski definition) is 3. The molecule has 1 rings (SSSR count). The van der Waals surface area contributed by atoms with Crippen molar-refractivity contribution in [1.82, 2.24) is 0 Å². The predicted molar refractivity (Wildman–Crippen MR) is 70.2 cm³/mol. The van der Waals surface area contributed by atoms with Gasteiger partial charge in [0, 0.05) is 0 Å². The molecular weight excluding hydrogens is 228 g/mol. The van der Waals surface area contributed by atoms with Crippen molar-refractivity contribution in [2.75, 3.05) is 13.2 Å². The Balaban J connectivity index is 2.54. The molecule has 0 fully saturated rings. The summed E-state index contributed by atoms with van der Waals surface area (Å²) in [5, 5.41) is 0. The molecule has 94 valence electrons. The van der Waals surface area contributed by atoms with E-state index in [1.165, 1.54) is 0 Å². The van der Waals surface area contributed by atoms with Gasteiger partial charge in [0.2, 0.25) is 0 Å². The van der Waals surface area contributed by atoms with E-state index in [0.717, 1.165) is 5.56 Å². The van der Waals surface area contributed by atoms with Crippen LogP contribution in [-0.4, -0.2) is 19.2 Å². The van der Waals surface area contributed by atoms with Crippen LogP contribution >= 0.6 is 0 Å². The first kappa shape index (κ1) is 13.9. The second kappa shape index (κ2) is 7.97. The van der Waals surface area contributed by atoms with Crippen molar-refractivity contribution in [2.45, 2.75) is 13.3 Å². The number of carbonyl (C=O) groups excluding carboxylic acids is 1. The Morgan fingerprint density at radius 1 is 1.50 bits per heavy atom. The van der Waals surface area contributed by atoms with Gasteiger partial charge in [0.15, 0.2) is 0 Å². The zero-order chi connectivity index (χ0) is 13.2.